The largest absolute Gasteiger partial charge is 0.348 e. The number of aryl methyl sites for hydroxylation is 1. The van der Waals surface area contributed by atoms with E-state index >= 15 is 0 Å². The van der Waals surface area contributed by atoms with E-state index in [1.54, 1.807) is 24.3 Å². The van der Waals surface area contributed by atoms with Gasteiger partial charge in [0.2, 0.25) is 0 Å². The highest BCUT2D eigenvalue weighted by Gasteiger charge is 2.21. The quantitative estimate of drug-likeness (QED) is 0.920. The summed E-state index contributed by atoms with van der Waals surface area (Å²) in [5, 5.41) is 2.92. The van der Waals surface area contributed by atoms with E-state index in [0.29, 0.717) is 17.7 Å². The summed E-state index contributed by atoms with van der Waals surface area (Å²) in [4.78, 5) is 29.2. The molecule has 1 fully saturated rings. The van der Waals surface area contributed by atoms with Gasteiger partial charge < -0.3 is 15.1 Å². The summed E-state index contributed by atoms with van der Waals surface area (Å²) in [5.41, 5.74) is 3.32. The van der Waals surface area contributed by atoms with Gasteiger partial charge in [-0.25, -0.2) is 0 Å². The lowest BCUT2D eigenvalue weighted by molar-refractivity contribution is 0.0664. The van der Waals surface area contributed by atoms with Crippen molar-refractivity contribution >= 4 is 11.8 Å². The van der Waals surface area contributed by atoms with Gasteiger partial charge in [0.05, 0.1) is 0 Å². The van der Waals surface area contributed by atoms with E-state index in [4.69, 9.17) is 0 Å². The molecule has 0 saturated carbocycles. The summed E-state index contributed by atoms with van der Waals surface area (Å²) in [7, 11) is 2.06. The van der Waals surface area contributed by atoms with E-state index in [2.05, 4.69) is 17.3 Å². The molecule has 0 unspecified atom stereocenters. The Morgan fingerprint density at radius 3 is 2.31 bits per heavy atom. The first-order valence-electron chi connectivity index (χ1n) is 8.94. The molecule has 0 bridgehead atoms. The number of piperazine rings is 1. The van der Waals surface area contributed by atoms with Gasteiger partial charge >= 0.3 is 0 Å². The van der Waals surface area contributed by atoms with Crippen LogP contribution < -0.4 is 5.32 Å². The van der Waals surface area contributed by atoms with Crippen molar-refractivity contribution in [2.45, 2.75) is 13.5 Å². The number of nitrogens with one attached hydrogen (secondary N) is 1. The molecule has 1 aliphatic heterocycles. The molecule has 0 atom stereocenters. The molecule has 2 amide bonds. The maximum Gasteiger partial charge on any atom is 0.253 e. The number of carbonyl (C=O) groups excluding carboxylic acids is 2. The standard InChI is InChI=1S/C21H25N3O2/c1-16-6-8-17(9-7-16)15-22-20(25)18-4-3-5-19(14-18)21(26)24-12-10-23(2)11-13-24/h3-9,14H,10-13,15H2,1-2H3,(H,22,25). The van der Waals surface area contributed by atoms with Crippen molar-refractivity contribution in [3.8, 4) is 0 Å². The second-order valence-corrected chi connectivity index (χ2v) is 6.84. The number of benzene rings is 2. The van der Waals surface area contributed by atoms with Crippen molar-refractivity contribution in [3.05, 3.63) is 70.8 Å². The third-order valence-corrected chi connectivity index (χ3v) is 4.74. The molecule has 26 heavy (non-hydrogen) atoms. The summed E-state index contributed by atoms with van der Waals surface area (Å²) >= 11 is 0. The van der Waals surface area contributed by atoms with Crippen LogP contribution in [0.3, 0.4) is 0 Å². The molecule has 1 saturated heterocycles. The van der Waals surface area contributed by atoms with Crippen LogP contribution >= 0.6 is 0 Å². The van der Waals surface area contributed by atoms with Crippen molar-refractivity contribution in [1.82, 2.24) is 15.1 Å². The van der Waals surface area contributed by atoms with Gasteiger partial charge in [0.25, 0.3) is 11.8 Å². The monoisotopic (exact) mass is 351 g/mol. The molecule has 0 radical (unpaired) electrons. The molecule has 3 rings (SSSR count). The van der Waals surface area contributed by atoms with E-state index < -0.39 is 0 Å². The van der Waals surface area contributed by atoms with Crippen molar-refractivity contribution in [3.63, 3.8) is 0 Å². The van der Waals surface area contributed by atoms with Crippen LogP contribution in [0.25, 0.3) is 0 Å². The van der Waals surface area contributed by atoms with Crippen LogP contribution in [0, 0.1) is 6.92 Å². The lowest BCUT2D eigenvalue weighted by Gasteiger charge is -2.32. The molecule has 136 valence electrons. The molecule has 5 heteroatoms. The molecule has 0 aliphatic carbocycles. The molecule has 1 heterocycles. The number of hydrogen-bond acceptors (Lipinski definition) is 3. The van der Waals surface area contributed by atoms with Gasteiger partial charge in [0.15, 0.2) is 0 Å². The summed E-state index contributed by atoms with van der Waals surface area (Å²) in [6, 6.07) is 15.0. The second-order valence-electron chi connectivity index (χ2n) is 6.84. The van der Waals surface area contributed by atoms with Gasteiger partial charge in [-0.05, 0) is 37.7 Å². The first-order chi connectivity index (χ1) is 12.5. The Hall–Kier alpha value is -2.66. The van der Waals surface area contributed by atoms with Crippen LogP contribution in [-0.2, 0) is 6.54 Å². The van der Waals surface area contributed by atoms with Crippen molar-refractivity contribution < 1.29 is 9.59 Å². The zero-order chi connectivity index (χ0) is 18.5. The molecule has 2 aromatic carbocycles. The molecular formula is C21H25N3O2. The molecular weight excluding hydrogens is 326 g/mol. The highest BCUT2D eigenvalue weighted by Crippen LogP contribution is 2.11. The predicted octanol–water partition coefficient (Wildman–Crippen LogP) is 2.31. The van der Waals surface area contributed by atoms with Crippen molar-refractivity contribution in [2.75, 3.05) is 33.2 Å². The van der Waals surface area contributed by atoms with Crippen LogP contribution in [0.2, 0.25) is 0 Å². The van der Waals surface area contributed by atoms with Crippen LogP contribution in [-0.4, -0.2) is 54.8 Å². The predicted molar refractivity (Wildman–Crippen MR) is 102 cm³/mol. The fourth-order valence-electron chi connectivity index (χ4n) is 2.98. The molecule has 0 aromatic heterocycles. The lowest BCUT2D eigenvalue weighted by atomic mass is 10.1. The van der Waals surface area contributed by atoms with E-state index in [9.17, 15) is 9.59 Å². The van der Waals surface area contributed by atoms with Crippen molar-refractivity contribution in [2.24, 2.45) is 0 Å². The normalized spacial score (nSPS) is 14.9. The first-order valence-corrected chi connectivity index (χ1v) is 8.94. The molecule has 5 nitrogen and oxygen atoms in total. The zero-order valence-electron chi connectivity index (χ0n) is 15.4. The maximum atomic E-state index is 12.7. The molecule has 1 aliphatic rings. The first kappa shape index (κ1) is 18.1. The number of amides is 2. The lowest BCUT2D eigenvalue weighted by Crippen LogP contribution is -2.47. The Bertz CT molecular complexity index is 778. The minimum absolute atomic E-state index is 0.00807. The van der Waals surface area contributed by atoms with E-state index in [0.717, 1.165) is 31.7 Å². The van der Waals surface area contributed by atoms with Crippen LogP contribution in [0.5, 0.6) is 0 Å². The average molecular weight is 351 g/mol. The summed E-state index contributed by atoms with van der Waals surface area (Å²) < 4.78 is 0. The summed E-state index contributed by atoms with van der Waals surface area (Å²) in [6.45, 7) is 5.70. The number of carbonyl (C=O) groups is 2. The Morgan fingerprint density at radius 2 is 1.62 bits per heavy atom. The number of hydrogen-bond donors (Lipinski definition) is 1. The number of rotatable bonds is 4. The van der Waals surface area contributed by atoms with Gasteiger partial charge in [-0.1, -0.05) is 35.9 Å². The third-order valence-electron chi connectivity index (χ3n) is 4.74. The van der Waals surface area contributed by atoms with Crippen LogP contribution in [0.4, 0.5) is 0 Å². The summed E-state index contributed by atoms with van der Waals surface area (Å²) in [6.07, 6.45) is 0. The van der Waals surface area contributed by atoms with Crippen LogP contribution in [0.15, 0.2) is 48.5 Å². The van der Waals surface area contributed by atoms with Gasteiger partial charge in [0, 0.05) is 43.9 Å². The van der Waals surface area contributed by atoms with E-state index in [-0.39, 0.29) is 11.8 Å². The van der Waals surface area contributed by atoms with Crippen molar-refractivity contribution in [1.29, 1.82) is 0 Å². The van der Waals surface area contributed by atoms with E-state index in [1.807, 2.05) is 36.1 Å². The van der Waals surface area contributed by atoms with Gasteiger partial charge in [-0.15, -0.1) is 0 Å². The van der Waals surface area contributed by atoms with Gasteiger partial charge in [-0.2, -0.15) is 0 Å². The number of likely N-dealkylation sites (N-methyl/N-ethyl adjacent to an activating group) is 1. The maximum absolute atomic E-state index is 12.7. The number of nitrogens with zero attached hydrogens (tertiary/aromatic N) is 2. The third kappa shape index (κ3) is 4.49. The second kappa shape index (κ2) is 8.15. The fraction of sp³-hybridized carbons (Fsp3) is 0.333. The fourth-order valence-corrected chi connectivity index (χ4v) is 2.98. The van der Waals surface area contributed by atoms with E-state index in [1.165, 1.54) is 5.56 Å². The van der Waals surface area contributed by atoms with Crippen LogP contribution in [0.1, 0.15) is 31.8 Å². The average Bonchev–Trinajstić information content (AvgIpc) is 2.67. The minimum atomic E-state index is -0.168. The highest BCUT2D eigenvalue weighted by atomic mass is 16.2. The Balaban J connectivity index is 1.63. The molecule has 2 aromatic rings. The van der Waals surface area contributed by atoms with Gasteiger partial charge in [0.1, 0.15) is 0 Å². The molecule has 1 N–H and O–H groups in total. The highest BCUT2D eigenvalue weighted by molar-refractivity contribution is 5.99. The zero-order valence-corrected chi connectivity index (χ0v) is 15.4. The van der Waals surface area contributed by atoms with Gasteiger partial charge in [-0.3, -0.25) is 9.59 Å². The topological polar surface area (TPSA) is 52.7 Å². The minimum Gasteiger partial charge on any atom is -0.348 e. The summed E-state index contributed by atoms with van der Waals surface area (Å²) in [5.74, 6) is -0.176. The SMILES string of the molecule is Cc1ccc(CNC(=O)c2cccc(C(=O)N3CCN(C)CC3)c2)cc1. The Labute approximate surface area is 154 Å². The Morgan fingerprint density at radius 1 is 0.962 bits per heavy atom. The molecule has 0 spiro atoms. The Kier molecular flexibility index (Phi) is 5.68. The smallest absolute Gasteiger partial charge is 0.253 e.